The number of rotatable bonds is 5. The van der Waals surface area contributed by atoms with Crippen LogP contribution in [0.5, 0.6) is 0 Å². The third-order valence-electron chi connectivity index (χ3n) is 3.85. The van der Waals surface area contributed by atoms with Crippen LogP contribution in [0.3, 0.4) is 0 Å². The molecule has 1 N–H and O–H groups in total. The van der Waals surface area contributed by atoms with E-state index in [4.69, 9.17) is 19.7 Å². The third kappa shape index (κ3) is 4.48. The zero-order chi connectivity index (χ0) is 18.4. The van der Waals surface area contributed by atoms with Crippen LogP contribution in [0.4, 0.5) is 0 Å². The molecule has 5 atom stereocenters. The van der Waals surface area contributed by atoms with Gasteiger partial charge in [-0.3, -0.25) is 4.79 Å². The van der Waals surface area contributed by atoms with E-state index >= 15 is 0 Å². The first-order chi connectivity index (χ1) is 12.0. The molecule has 2 rings (SSSR count). The topological polar surface area (TPSA) is 123 Å². The minimum Gasteiger partial charge on any atom is -0.456 e. The van der Waals surface area contributed by atoms with Gasteiger partial charge in [-0.25, -0.2) is 4.79 Å². The van der Waals surface area contributed by atoms with Gasteiger partial charge in [0.25, 0.3) is 0 Å². The maximum atomic E-state index is 12.4. The monoisotopic (exact) mass is 348 g/mol. The van der Waals surface area contributed by atoms with Gasteiger partial charge in [-0.2, -0.15) is 0 Å². The number of hydrogen-bond donors (Lipinski definition) is 1. The molecular weight excluding hydrogens is 328 g/mol. The molecule has 0 radical (unpaired) electrons. The van der Waals surface area contributed by atoms with Crippen LogP contribution in [0.25, 0.3) is 10.4 Å². The van der Waals surface area contributed by atoms with Crippen LogP contribution in [0.2, 0.25) is 0 Å². The highest BCUT2D eigenvalue weighted by molar-refractivity contribution is 5.89. The van der Waals surface area contributed by atoms with Gasteiger partial charge in [-0.1, -0.05) is 23.3 Å². The maximum absolute atomic E-state index is 12.4. The van der Waals surface area contributed by atoms with E-state index < -0.39 is 36.6 Å². The van der Waals surface area contributed by atoms with Crippen molar-refractivity contribution in [2.24, 2.45) is 5.11 Å². The Bertz CT molecular complexity index is 662. The molecule has 134 valence electrons. The predicted octanol–water partition coefficient (Wildman–Crippen LogP) is 1.79. The lowest BCUT2D eigenvalue weighted by Crippen LogP contribution is -2.63. The zero-order valence-corrected chi connectivity index (χ0v) is 14.2. The van der Waals surface area contributed by atoms with Crippen LogP contribution in [-0.4, -0.2) is 49.6 Å². The molecule has 1 heterocycles. The number of ether oxygens (including phenoxy) is 3. The Labute approximate surface area is 144 Å². The van der Waals surface area contributed by atoms with E-state index in [0.717, 1.165) is 0 Å². The largest absolute Gasteiger partial charge is 0.456 e. The van der Waals surface area contributed by atoms with Crippen molar-refractivity contribution >= 4 is 11.9 Å². The molecule has 0 saturated carbocycles. The highest BCUT2D eigenvalue weighted by Crippen LogP contribution is 2.27. The summed E-state index contributed by atoms with van der Waals surface area (Å²) in [7, 11) is 1.41. The van der Waals surface area contributed by atoms with E-state index in [9.17, 15) is 9.59 Å². The molecule has 1 aliphatic heterocycles. The number of benzene rings is 1. The molecule has 25 heavy (non-hydrogen) atoms. The molecule has 1 aromatic carbocycles. The molecule has 1 aliphatic rings. The number of methoxy groups -OCH3 is 1. The zero-order valence-electron chi connectivity index (χ0n) is 14.2. The summed E-state index contributed by atoms with van der Waals surface area (Å²) in [4.78, 5) is 26.8. The molecule has 0 unspecified atom stereocenters. The molecule has 0 spiro atoms. The van der Waals surface area contributed by atoms with Crippen LogP contribution in [-0.2, 0) is 19.0 Å². The Morgan fingerprint density at radius 1 is 1.32 bits per heavy atom. The van der Waals surface area contributed by atoms with Crippen molar-refractivity contribution in [2.75, 3.05) is 7.11 Å². The number of amides is 1. The number of carbonyl (C=O) groups excluding carboxylic acids is 2. The Hall–Kier alpha value is -2.61. The fraction of sp³-hybridized carbons (Fsp3) is 0.500. The second kappa shape index (κ2) is 8.48. The summed E-state index contributed by atoms with van der Waals surface area (Å²) < 4.78 is 16.5. The van der Waals surface area contributed by atoms with Gasteiger partial charge in [-0.05, 0) is 24.6 Å². The summed E-state index contributed by atoms with van der Waals surface area (Å²) in [5.74, 6) is -0.950. The van der Waals surface area contributed by atoms with E-state index in [-0.39, 0.29) is 5.91 Å². The minimum absolute atomic E-state index is 0.344. The lowest BCUT2D eigenvalue weighted by molar-refractivity contribution is -0.222. The van der Waals surface area contributed by atoms with E-state index in [0.29, 0.717) is 5.56 Å². The first-order valence-corrected chi connectivity index (χ1v) is 7.73. The standard InChI is InChI=1S/C16H20N4O5/c1-9-12(19-20-17)14(13(18-10(2)21)16(23-3)24-9)25-15(22)11-7-5-4-6-8-11/h4-9,12-14,16H,1-3H3,(H,18,21)/t9-,12+,13-,14+,16+/m1/s1. The highest BCUT2D eigenvalue weighted by atomic mass is 16.7. The van der Waals surface area contributed by atoms with Crippen molar-refractivity contribution in [3.63, 3.8) is 0 Å². The number of azide groups is 1. The summed E-state index contributed by atoms with van der Waals surface area (Å²) in [6, 6.07) is 6.76. The van der Waals surface area contributed by atoms with Gasteiger partial charge in [-0.15, -0.1) is 0 Å². The average molecular weight is 348 g/mol. The molecular formula is C16H20N4O5. The molecule has 0 aliphatic carbocycles. The lowest BCUT2D eigenvalue weighted by Gasteiger charge is -2.43. The van der Waals surface area contributed by atoms with E-state index in [1.165, 1.54) is 14.0 Å². The lowest BCUT2D eigenvalue weighted by atomic mass is 9.95. The Morgan fingerprint density at radius 2 is 2.00 bits per heavy atom. The van der Waals surface area contributed by atoms with Crippen molar-refractivity contribution in [3.05, 3.63) is 46.3 Å². The first-order valence-electron chi connectivity index (χ1n) is 7.73. The molecule has 0 aromatic heterocycles. The van der Waals surface area contributed by atoms with Crippen molar-refractivity contribution in [1.82, 2.24) is 5.32 Å². The van der Waals surface area contributed by atoms with Gasteiger partial charge >= 0.3 is 5.97 Å². The first kappa shape index (κ1) is 18.7. The average Bonchev–Trinajstić information content (AvgIpc) is 2.60. The SMILES string of the molecule is CO[C@H]1O[C@H](C)[C@H](N=[N+]=[N-])[C@H](OC(=O)c2ccccc2)[C@H]1NC(C)=O. The maximum Gasteiger partial charge on any atom is 0.338 e. The Kier molecular flexibility index (Phi) is 6.35. The van der Waals surface area contributed by atoms with E-state index in [1.807, 2.05) is 0 Å². The van der Waals surface area contributed by atoms with Crippen LogP contribution in [0, 0.1) is 0 Å². The van der Waals surface area contributed by atoms with Gasteiger partial charge in [0.05, 0.1) is 11.7 Å². The Balaban J connectivity index is 2.33. The normalized spacial score (nSPS) is 28.5. The van der Waals surface area contributed by atoms with Crippen molar-refractivity contribution in [1.29, 1.82) is 0 Å². The van der Waals surface area contributed by atoms with Crippen LogP contribution in [0.15, 0.2) is 35.4 Å². The second-order valence-electron chi connectivity index (χ2n) is 5.60. The molecule has 1 saturated heterocycles. The van der Waals surface area contributed by atoms with Crippen LogP contribution >= 0.6 is 0 Å². The Morgan fingerprint density at radius 3 is 2.56 bits per heavy atom. The van der Waals surface area contributed by atoms with Crippen LogP contribution < -0.4 is 5.32 Å². The number of nitrogens with zero attached hydrogens (tertiary/aromatic N) is 3. The van der Waals surface area contributed by atoms with Crippen molar-refractivity contribution < 1.29 is 23.8 Å². The second-order valence-corrected chi connectivity index (χ2v) is 5.60. The molecule has 1 aromatic rings. The quantitative estimate of drug-likeness (QED) is 0.376. The number of carbonyl (C=O) groups is 2. The van der Waals surface area contributed by atoms with E-state index in [2.05, 4.69) is 15.3 Å². The van der Waals surface area contributed by atoms with Crippen LogP contribution in [0.1, 0.15) is 24.2 Å². The molecule has 0 bridgehead atoms. The number of hydrogen-bond acceptors (Lipinski definition) is 6. The summed E-state index contributed by atoms with van der Waals surface area (Å²) in [6.45, 7) is 3.00. The summed E-state index contributed by atoms with van der Waals surface area (Å²) in [6.07, 6.45) is -2.36. The minimum atomic E-state index is -0.943. The summed E-state index contributed by atoms with van der Waals surface area (Å²) >= 11 is 0. The van der Waals surface area contributed by atoms with Gasteiger partial charge < -0.3 is 19.5 Å². The summed E-state index contributed by atoms with van der Waals surface area (Å²) in [5, 5.41) is 6.34. The molecule has 9 nitrogen and oxygen atoms in total. The van der Waals surface area contributed by atoms with Gasteiger partial charge in [0.15, 0.2) is 6.29 Å². The molecule has 1 amide bonds. The smallest absolute Gasteiger partial charge is 0.338 e. The number of esters is 1. The van der Waals surface area contributed by atoms with E-state index in [1.54, 1.807) is 37.3 Å². The van der Waals surface area contributed by atoms with Gasteiger partial charge in [0, 0.05) is 18.9 Å². The summed E-state index contributed by atoms with van der Waals surface area (Å²) in [5.41, 5.74) is 9.18. The van der Waals surface area contributed by atoms with Crippen molar-refractivity contribution in [3.8, 4) is 0 Å². The highest BCUT2D eigenvalue weighted by Gasteiger charge is 2.47. The fourth-order valence-corrected chi connectivity index (χ4v) is 2.73. The molecule has 9 heteroatoms. The third-order valence-corrected chi connectivity index (χ3v) is 3.85. The number of nitrogens with one attached hydrogen (secondary N) is 1. The van der Waals surface area contributed by atoms with Gasteiger partial charge in [0.1, 0.15) is 18.2 Å². The predicted molar refractivity (Wildman–Crippen MR) is 87.5 cm³/mol. The van der Waals surface area contributed by atoms with Gasteiger partial charge in [0.2, 0.25) is 5.91 Å². The van der Waals surface area contributed by atoms with Crippen molar-refractivity contribution in [2.45, 2.75) is 44.4 Å². The molecule has 1 fully saturated rings. The fourth-order valence-electron chi connectivity index (χ4n) is 2.73.